The second-order valence-corrected chi connectivity index (χ2v) is 6.06. The van der Waals surface area contributed by atoms with Crippen molar-refractivity contribution in [3.63, 3.8) is 0 Å². The van der Waals surface area contributed by atoms with Gasteiger partial charge in [-0.15, -0.1) is 0 Å². The smallest absolute Gasteiger partial charge is 0.303 e. The van der Waals surface area contributed by atoms with E-state index in [-0.39, 0.29) is 12.5 Å². The molecule has 0 aliphatic carbocycles. The van der Waals surface area contributed by atoms with Crippen molar-refractivity contribution < 1.29 is 14.6 Å². The van der Waals surface area contributed by atoms with Crippen molar-refractivity contribution in [3.8, 4) is 5.75 Å². The molecule has 0 bridgehead atoms. The molecule has 5 heteroatoms. The first-order chi connectivity index (χ1) is 11.2. The Morgan fingerprint density at radius 1 is 1.35 bits per heavy atom. The maximum Gasteiger partial charge on any atom is 0.303 e. The first kappa shape index (κ1) is 17.6. The molecule has 1 aromatic rings. The summed E-state index contributed by atoms with van der Waals surface area (Å²) in [5.41, 5.74) is 2.40. The van der Waals surface area contributed by atoms with Crippen LogP contribution >= 0.6 is 0 Å². The molecule has 23 heavy (non-hydrogen) atoms. The van der Waals surface area contributed by atoms with Gasteiger partial charge in [-0.05, 0) is 56.5 Å². The number of hydrogen-bond donors (Lipinski definition) is 3. The van der Waals surface area contributed by atoms with Crippen LogP contribution in [0.1, 0.15) is 44.6 Å². The van der Waals surface area contributed by atoms with Crippen LogP contribution in [0.25, 0.3) is 0 Å². The minimum absolute atomic E-state index is 0.274. The number of hydrogen-bond acceptors (Lipinski definition) is 4. The molecule has 1 aliphatic heterocycles. The van der Waals surface area contributed by atoms with Crippen molar-refractivity contribution >= 4 is 11.7 Å². The van der Waals surface area contributed by atoms with Crippen molar-refractivity contribution in [3.05, 3.63) is 23.8 Å². The summed E-state index contributed by atoms with van der Waals surface area (Å²) in [6, 6.07) is 6.37. The number of carboxylic acids is 1. The predicted molar refractivity (Wildman–Crippen MR) is 92.3 cm³/mol. The number of ether oxygens (including phenoxy) is 1. The summed E-state index contributed by atoms with van der Waals surface area (Å²) in [7, 11) is 0. The minimum Gasteiger partial charge on any atom is -0.486 e. The molecular weight excluding hydrogens is 292 g/mol. The number of fused-ring (bicyclic) bond motifs is 1. The molecule has 0 saturated carbocycles. The Morgan fingerprint density at radius 2 is 2.22 bits per heavy atom. The van der Waals surface area contributed by atoms with Crippen molar-refractivity contribution in [2.75, 3.05) is 25.0 Å². The molecule has 0 spiro atoms. The maximum atomic E-state index is 10.4. The van der Waals surface area contributed by atoms with E-state index >= 15 is 0 Å². The van der Waals surface area contributed by atoms with E-state index < -0.39 is 5.97 Å². The topological polar surface area (TPSA) is 70.6 Å². The molecule has 0 radical (unpaired) electrons. The second-order valence-electron chi connectivity index (χ2n) is 6.06. The number of carbonyl (C=O) groups is 1. The third-order valence-corrected chi connectivity index (χ3v) is 4.15. The van der Waals surface area contributed by atoms with E-state index in [4.69, 9.17) is 9.84 Å². The van der Waals surface area contributed by atoms with Crippen LogP contribution in [-0.2, 0) is 11.2 Å². The van der Waals surface area contributed by atoms with Gasteiger partial charge in [-0.2, -0.15) is 0 Å². The Balaban J connectivity index is 1.62. The fraction of sp³-hybridized carbons (Fsp3) is 0.611. The molecule has 0 amide bonds. The SMILES string of the molecule is CCC1CNc2cc(CCNCCCCCC(=O)O)ccc2O1. The Labute approximate surface area is 138 Å². The summed E-state index contributed by atoms with van der Waals surface area (Å²) in [6.07, 6.45) is 5.33. The number of unbranched alkanes of at least 4 members (excludes halogenated alkanes) is 2. The summed E-state index contributed by atoms with van der Waals surface area (Å²) in [5.74, 6) is 0.256. The molecule has 1 aliphatic rings. The quantitative estimate of drug-likeness (QED) is 0.578. The molecule has 1 aromatic carbocycles. The molecule has 0 aromatic heterocycles. The number of nitrogens with one attached hydrogen (secondary N) is 2. The van der Waals surface area contributed by atoms with Gasteiger partial charge in [0.2, 0.25) is 0 Å². The van der Waals surface area contributed by atoms with E-state index in [2.05, 4.69) is 35.8 Å². The first-order valence-electron chi connectivity index (χ1n) is 8.65. The van der Waals surface area contributed by atoms with E-state index in [1.165, 1.54) is 5.56 Å². The van der Waals surface area contributed by atoms with Crippen molar-refractivity contribution in [2.24, 2.45) is 0 Å². The maximum absolute atomic E-state index is 10.4. The van der Waals surface area contributed by atoms with Gasteiger partial charge < -0.3 is 20.5 Å². The van der Waals surface area contributed by atoms with Crippen LogP contribution in [0.15, 0.2) is 18.2 Å². The summed E-state index contributed by atoms with van der Waals surface area (Å²) in [5, 5.41) is 15.4. The van der Waals surface area contributed by atoms with Crippen LogP contribution in [0.2, 0.25) is 0 Å². The number of anilines is 1. The molecule has 2 rings (SSSR count). The highest BCUT2D eigenvalue weighted by Gasteiger charge is 2.17. The van der Waals surface area contributed by atoms with E-state index in [1.54, 1.807) is 0 Å². The molecule has 1 unspecified atom stereocenters. The number of aliphatic carboxylic acids is 1. The average molecular weight is 320 g/mol. The molecule has 128 valence electrons. The lowest BCUT2D eigenvalue weighted by molar-refractivity contribution is -0.137. The first-order valence-corrected chi connectivity index (χ1v) is 8.65. The molecule has 0 saturated heterocycles. The fourth-order valence-electron chi connectivity index (χ4n) is 2.71. The third-order valence-electron chi connectivity index (χ3n) is 4.15. The minimum atomic E-state index is -0.701. The Kier molecular flexibility index (Phi) is 7.20. The highest BCUT2D eigenvalue weighted by atomic mass is 16.5. The highest BCUT2D eigenvalue weighted by molar-refractivity contribution is 5.66. The van der Waals surface area contributed by atoms with Gasteiger partial charge in [-0.1, -0.05) is 19.4 Å². The average Bonchev–Trinajstić information content (AvgIpc) is 2.56. The van der Waals surface area contributed by atoms with Crippen LogP contribution < -0.4 is 15.4 Å². The molecule has 5 nitrogen and oxygen atoms in total. The fourth-order valence-corrected chi connectivity index (χ4v) is 2.71. The number of carboxylic acid groups (broad SMARTS) is 1. The van der Waals surface area contributed by atoms with Gasteiger partial charge in [0, 0.05) is 6.42 Å². The second kappa shape index (κ2) is 9.40. The van der Waals surface area contributed by atoms with Gasteiger partial charge in [0.05, 0.1) is 12.2 Å². The normalized spacial score (nSPS) is 16.3. The van der Waals surface area contributed by atoms with Crippen LogP contribution in [0, 0.1) is 0 Å². The van der Waals surface area contributed by atoms with Crippen LogP contribution in [0.4, 0.5) is 5.69 Å². The lowest BCUT2D eigenvalue weighted by atomic mass is 10.1. The zero-order chi connectivity index (χ0) is 16.5. The molecule has 3 N–H and O–H groups in total. The van der Waals surface area contributed by atoms with Gasteiger partial charge in [-0.3, -0.25) is 4.79 Å². The summed E-state index contributed by atoms with van der Waals surface area (Å²) in [6.45, 7) is 4.90. The molecule has 1 atom stereocenters. The highest BCUT2D eigenvalue weighted by Crippen LogP contribution is 2.30. The standard InChI is InChI=1S/C18H28N2O3/c1-2-15-13-20-16-12-14(7-8-17(16)23-15)9-11-19-10-5-3-4-6-18(21)22/h7-8,12,15,19-20H,2-6,9-11,13H2,1H3,(H,21,22). The van der Waals surface area contributed by atoms with E-state index in [0.717, 1.165) is 63.2 Å². The van der Waals surface area contributed by atoms with Crippen LogP contribution in [0.5, 0.6) is 5.75 Å². The number of rotatable bonds is 10. The van der Waals surface area contributed by atoms with Crippen molar-refractivity contribution in [1.82, 2.24) is 5.32 Å². The largest absolute Gasteiger partial charge is 0.486 e. The van der Waals surface area contributed by atoms with Gasteiger partial charge in [0.15, 0.2) is 0 Å². The van der Waals surface area contributed by atoms with Crippen LogP contribution in [0.3, 0.4) is 0 Å². The Bertz CT molecular complexity index is 505. The van der Waals surface area contributed by atoms with E-state index in [0.29, 0.717) is 0 Å². The van der Waals surface area contributed by atoms with Gasteiger partial charge in [-0.25, -0.2) is 0 Å². The summed E-state index contributed by atoms with van der Waals surface area (Å²) >= 11 is 0. The lowest BCUT2D eigenvalue weighted by Crippen LogP contribution is -2.30. The van der Waals surface area contributed by atoms with Crippen LogP contribution in [-0.4, -0.2) is 36.8 Å². The zero-order valence-corrected chi connectivity index (χ0v) is 13.9. The van der Waals surface area contributed by atoms with Gasteiger partial charge in [0.25, 0.3) is 0 Å². The monoisotopic (exact) mass is 320 g/mol. The number of benzene rings is 1. The summed E-state index contributed by atoms with van der Waals surface area (Å²) in [4.78, 5) is 10.4. The van der Waals surface area contributed by atoms with E-state index in [9.17, 15) is 4.79 Å². The van der Waals surface area contributed by atoms with Gasteiger partial charge >= 0.3 is 5.97 Å². The van der Waals surface area contributed by atoms with Gasteiger partial charge in [0.1, 0.15) is 11.9 Å². The zero-order valence-electron chi connectivity index (χ0n) is 13.9. The molecule has 0 fully saturated rings. The predicted octanol–water partition coefficient (Wildman–Crippen LogP) is 3.05. The third kappa shape index (κ3) is 6.10. The Morgan fingerprint density at radius 3 is 3.00 bits per heavy atom. The molecule has 1 heterocycles. The van der Waals surface area contributed by atoms with E-state index in [1.807, 2.05) is 0 Å². The van der Waals surface area contributed by atoms with Crippen molar-refractivity contribution in [1.29, 1.82) is 0 Å². The molecular formula is C18H28N2O3. The Hall–Kier alpha value is -1.75. The lowest BCUT2D eigenvalue weighted by Gasteiger charge is -2.27. The van der Waals surface area contributed by atoms with Crippen molar-refractivity contribution in [2.45, 2.75) is 51.6 Å². The summed E-state index contributed by atoms with van der Waals surface area (Å²) < 4.78 is 5.91.